The van der Waals surface area contributed by atoms with Gasteiger partial charge in [0.2, 0.25) is 14.4 Å². The summed E-state index contributed by atoms with van der Waals surface area (Å²) in [4.78, 5) is 22.0. The van der Waals surface area contributed by atoms with E-state index in [2.05, 4.69) is 0 Å². The van der Waals surface area contributed by atoms with Crippen LogP contribution in [0.4, 0.5) is 0 Å². The average Bonchev–Trinajstić information content (AvgIpc) is 2.15. The molecule has 0 N–H and O–H groups in total. The predicted octanol–water partition coefficient (Wildman–Crippen LogP) is 1.98. The van der Waals surface area contributed by atoms with Gasteiger partial charge in [0.05, 0.1) is 5.92 Å². The zero-order valence-corrected chi connectivity index (χ0v) is 10.8. The Morgan fingerprint density at radius 1 is 1.50 bits per heavy atom. The molecule has 2 unspecified atom stereocenters. The molecule has 0 saturated heterocycles. The lowest BCUT2D eigenvalue weighted by Gasteiger charge is -2.23. The van der Waals surface area contributed by atoms with Crippen LogP contribution in [0.15, 0.2) is 12.2 Å². The number of nitro groups is 1. The van der Waals surface area contributed by atoms with Gasteiger partial charge in [-0.05, 0) is 19.6 Å². The van der Waals surface area contributed by atoms with Crippen molar-refractivity contribution in [2.24, 2.45) is 5.92 Å². The van der Waals surface area contributed by atoms with Crippen molar-refractivity contribution in [3.8, 4) is 0 Å². The van der Waals surface area contributed by atoms with E-state index in [0.29, 0.717) is 6.42 Å². The van der Waals surface area contributed by atoms with Crippen molar-refractivity contribution in [1.29, 1.82) is 0 Å². The van der Waals surface area contributed by atoms with E-state index in [1.165, 1.54) is 0 Å². The van der Waals surface area contributed by atoms with Crippen LogP contribution >= 0.6 is 0 Å². The summed E-state index contributed by atoms with van der Waals surface area (Å²) in [6.45, 7) is 5.76. The standard InChI is InChI=1S/C10H17NO4Si/c1-16(2,3)15-10(12)8-5-4-6-9(7-8)11(13)14/h4-5,8-9H,6-7H2,1-3H3. The van der Waals surface area contributed by atoms with Crippen molar-refractivity contribution in [1.82, 2.24) is 0 Å². The molecule has 90 valence electrons. The Kier molecular flexibility index (Phi) is 3.85. The van der Waals surface area contributed by atoms with Crippen LogP contribution in [0.5, 0.6) is 0 Å². The van der Waals surface area contributed by atoms with Gasteiger partial charge in [-0.1, -0.05) is 12.2 Å². The van der Waals surface area contributed by atoms with E-state index in [1.807, 2.05) is 19.6 Å². The van der Waals surface area contributed by atoms with Gasteiger partial charge in [-0.15, -0.1) is 0 Å². The van der Waals surface area contributed by atoms with Gasteiger partial charge in [-0.3, -0.25) is 14.9 Å². The molecule has 0 aromatic heterocycles. The first-order chi connectivity index (χ1) is 7.29. The largest absolute Gasteiger partial charge is 0.519 e. The van der Waals surface area contributed by atoms with Gasteiger partial charge in [0.15, 0.2) is 0 Å². The maximum absolute atomic E-state index is 11.7. The fourth-order valence-electron chi connectivity index (χ4n) is 1.59. The number of rotatable bonds is 3. The molecule has 0 bridgehead atoms. The van der Waals surface area contributed by atoms with Gasteiger partial charge < -0.3 is 4.43 Å². The first-order valence-corrected chi connectivity index (χ1v) is 8.73. The summed E-state index contributed by atoms with van der Waals surface area (Å²) in [7, 11) is -1.91. The van der Waals surface area contributed by atoms with E-state index in [9.17, 15) is 14.9 Å². The first kappa shape index (κ1) is 12.9. The molecule has 0 radical (unpaired) electrons. The quantitative estimate of drug-likeness (QED) is 0.329. The zero-order valence-electron chi connectivity index (χ0n) is 9.80. The third kappa shape index (κ3) is 3.77. The van der Waals surface area contributed by atoms with Gasteiger partial charge >= 0.3 is 0 Å². The Balaban J connectivity index is 2.61. The highest BCUT2D eigenvalue weighted by molar-refractivity contribution is 6.71. The molecule has 0 amide bonds. The van der Waals surface area contributed by atoms with Gasteiger partial charge in [0, 0.05) is 17.8 Å². The molecule has 16 heavy (non-hydrogen) atoms. The lowest BCUT2D eigenvalue weighted by atomic mass is 9.92. The minimum atomic E-state index is -1.91. The number of carbonyl (C=O) groups excluding carboxylic acids is 1. The van der Waals surface area contributed by atoms with E-state index < -0.39 is 20.3 Å². The highest BCUT2D eigenvalue weighted by Gasteiger charge is 2.33. The summed E-state index contributed by atoms with van der Waals surface area (Å²) < 4.78 is 5.33. The molecule has 6 heteroatoms. The van der Waals surface area contributed by atoms with Gasteiger partial charge in [-0.25, -0.2) is 0 Å². The van der Waals surface area contributed by atoms with Gasteiger partial charge in [0.25, 0.3) is 5.97 Å². The molecule has 0 fully saturated rings. The van der Waals surface area contributed by atoms with Crippen LogP contribution in [0.1, 0.15) is 12.8 Å². The topological polar surface area (TPSA) is 69.4 Å². The molecule has 0 aromatic carbocycles. The summed E-state index contributed by atoms with van der Waals surface area (Å²) in [5, 5.41) is 10.6. The molecule has 0 aromatic rings. The van der Waals surface area contributed by atoms with E-state index in [-0.39, 0.29) is 17.3 Å². The molecule has 1 aliphatic carbocycles. The number of hydrogen-bond acceptors (Lipinski definition) is 4. The smallest absolute Gasteiger partial charge is 0.299 e. The van der Waals surface area contributed by atoms with Crippen molar-refractivity contribution < 1.29 is 14.1 Å². The second-order valence-corrected chi connectivity index (χ2v) is 9.41. The van der Waals surface area contributed by atoms with Crippen LogP contribution in [-0.4, -0.2) is 25.3 Å². The Hall–Kier alpha value is -1.17. The summed E-state index contributed by atoms with van der Waals surface area (Å²) in [6.07, 6.45) is 4.09. The minimum absolute atomic E-state index is 0.257. The van der Waals surface area contributed by atoms with E-state index >= 15 is 0 Å². The monoisotopic (exact) mass is 243 g/mol. The normalized spacial score (nSPS) is 25.2. The third-order valence-corrected chi connectivity index (χ3v) is 3.12. The second-order valence-electron chi connectivity index (χ2n) is 4.98. The maximum atomic E-state index is 11.7. The summed E-state index contributed by atoms with van der Waals surface area (Å²) in [6, 6.07) is -0.649. The highest BCUT2D eigenvalue weighted by Crippen LogP contribution is 2.22. The van der Waals surface area contributed by atoms with Crippen molar-refractivity contribution in [3.63, 3.8) is 0 Å². The lowest BCUT2D eigenvalue weighted by molar-refractivity contribution is -0.523. The zero-order chi connectivity index (χ0) is 12.3. The number of carbonyl (C=O) groups is 1. The van der Waals surface area contributed by atoms with Crippen LogP contribution in [0.2, 0.25) is 19.6 Å². The Bertz CT molecular complexity index is 321. The molecule has 0 heterocycles. The summed E-state index contributed by atoms with van der Waals surface area (Å²) in [5.41, 5.74) is 0. The fourth-order valence-corrected chi connectivity index (χ4v) is 2.35. The highest BCUT2D eigenvalue weighted by atomic mass is 28.4. The third-order valence-electron chi connectivity index (χ3n) is 2.31. The van der Waals surface area contributed by atoms with E-state index in [4.69, 9.17) is 4.43 Å². The predicted molar refractivity (Wildman–Crippen MR) is 62.1 cm³/mol. The molecule has 5 nitrogen and oxygen atoms in total. The van der Waals surface area contributed by atoms with Crippen molar-refractivity contribution in [3.05, 3.63) is 22.3 Å². The number of hydrogen-bond donors (Lipinski definition) is 0. The maximum Gasteiger partial charge on any atom is 0.299 e. The molecule has 0 saturated carbocycles. The van der Waals surface area contributed by atoms with E-state index in [0.717, 1.165) is 0 Å². The molecule has 1 rings (SSSR count). The SMILES string of the molecule is C[Si](C)(C)OC(=O)C1C=CCC([N+](=O)[O-])C1. The lowest BCUT2D eigenvalue weighted by Crippen LogP contribution is -2.35. The molecule has 0 aliphatic heterocycles. The molecular weight excluding hydrogens is 226 g/mol. The van der Waals surface area contributed by atoms with Crippen LogP contribution in [0.25, 0.3) is 0 Å². The van der Waals surface area contributed by atoms with Crippen molar-refractivity contribution in [2.75, 3.05) is 0 Å². The minimum Gasteiger partial charge on any atom is -0.519 e. The molecule has 0 spiro atoms. The Labute approximate surface area is 95.8 Å². The average molecular weight is 243 g/mol. The molecule has 2 atom stereocenters. The molecule has 1 aliphatic rings. The number of nitrogens with zero attached hydrogens (tertiary/aromatic N) is 1. The van der Waals surface area contributed by atoms with E-state index in [1.54, 1.807) is 12.2 Å². The van der Waals surface area contributed by atoms with Crippen LogP contribution in [0, 0.1) is 16.0 Å². The van der Waals surface area contributed by atoms with Gasteiger partial charge in [0.1, 0.15) is 0 Å². The Morgan fingerprint density at radius 2 is 2.12 bits per heavy atom. The second kappa shape index (κ2) is 4.78. The first-order valence-electron chi connectivity index (χ1n) is 5.32. The summed E-state index contributed by atoms with van der Waals surface area (Å²) in [5.74, 6) is -0.766. The fraction of sp³-hybridized carbons (Fsp3) is 0.700. The summed E-state index contributed by atoms with van der Waals surface area (Å²) >= 11 is 0. The Morgan fingerprint density at radius 3 is 2.62 bits per heavy atom. The van der Waals surface area contributed by atoms with Gasteiger partial charge in [-0.2, -0.15) is 0 Å². The van der Waals surface area contributed by atoms with Crippen LogP contribution in [0.3, 0.4) is 0 Å². The molecular formula is C10H17NO4Si. The van der Waals surface area contributed by atoms with Crippen molar-refractivity contribution in [2.45, 2.75) is 38.5 Å². The van der Waals surface area contributed by atoms with Crippen molar-refractivity contribution >= 4 is 14.3 Å². The van der Waals surface area contributed by atoms with Crippen LogP contribution in [-0.2, 0) is 9.22 Å². The van der Waals surface area contributed by atoms with Crippen LogP contribution < -0.4 is 0 Å².